The highest BCUT2D eigenvalue weighted by atomic mass is 32.2. The highest BCUT2D eigenvalue weighted by Crippen LogP contribution is 2.48. The quantitative estimate of drug-likeness (QED) is 0.258. The number of aryl methyl sites for hydroxylation is 3. The summed E-state index contributed by atoms with van der Waals surface area (Å²) in [6.07, 6.45) is 0.409. The van der Waals surface area contributed by atoms with Crippen LogP contribution < -0.4 is 0 Å². The third-order valence-electron chi connectivity index (χ3n) is 6.21. The lowest BCUT2D eigenvalue weighted by atomic mass is 10.0. The molecule has 32 heavy (non-hydrogen) atoms. The molecule has 1 heterocycles. The van der Waals surface area contributed by atoms with Gasteiger partial charge in [0.2, 0.25) is 0 Å². The summed E-state index contributed by atoms with van der Waals surface area (Å²) >= 11 is 0. The van der Waals surface area contributed by atoms with Crippen LogP contribution in [-0.2, 0) is 4.74 Å². The predicted molar refractivity (Wildman–Crippen MR) is 135 cm³/mol. The Kier molecular flexibility index (Phi) is 5.87. The number of fused-ring (bicyclic) bond motifs is 3. The second-order valence-corrected chi connectivity index (χ2v) is 11.4. The van der Waals surface area contributed by atoms with Gasteiger partial charge in [0.1, 0.15) is 0 Å². The molecular formula is C28H31O3S+. The average Bonchev–Trinajstić information content (AvgIpc) is 2.97. The van der Waals surface area contributed by atoms with Crippen molar-refractivity contribution in [2.45, 2.75) is 53.6 Å². The van der Waals surface area contributed by atoms with E-state index in [0.29, 0.717) is 12.0 Å². The van der Waals surface area contributed by atoms with Crippen molar-refractivity contribution in [1.82, 2.24) is 0 Å². The number of hydrogen-bond donors (Lipinski definition) is 1. The van der Waals surface area contributed by atoms with Crippen LogP contribution in [0.3, 0.4) is 0 Å². The second-order valence-electron chi connectivity index (χ2n) is 9.28. The Bertz CT molecular complexity index is 1320. The molecule has 0 aliphatic heterocycles. The van der Waals surface area contributed by atoms with E-state index in [0.717, 1.165) is 11.1 Å². The van der Waals surface area contributed by atoms with E-state index in [1.54, 1.807) is 13.8 Å². The maximum absolute atomic E-state index is 12.8. The molecule has 0 bridgehead atoms. The number of thiophene rings is 1. The van der Waals surface area contributed by atoms with Crippen LogP contribution in [0.2, 0.25) is 0 Å². The maximum atomic E-state index is 12.8. The van der Waals surface area contributed by atoms with Gasteiger partial charge in [0.05, 0.1) is 23.2 Å². The molecule has 0 aliphatic carbocycles. The van der Waals surface area contributed by atoms with Gasteiger partial charge in [-0.25, -0.2) is 4.79 Å². The van der Waals surface area contributed by atoms with E-state index in [-0.39, 0.29) is 23.0 Å². The van der Waals surface area contributed by atoms with E-state index >= 15 is 0 Å². The monoisotopic (exact) mass is 447 g/mol. The Hall–Kier alpha value is -2.69. The van der Waals surface area contributed by atoms with Gasteiger partial charge in [0, 0.05) is 41.5 Å². The molecule has 0 aliphatic rings. The number of ether oxygens (including phenoxy) is 1. The lowest BCUT2D eigenvalue weighted by molar-refractivity contribution is 0.0243. The first-order valence-electron chi connectivity index (χ1n) is 11.0. The zero-order valence-corrected chi connectivity index (χ0v) is 20.5. The van der Waals surface area contributed by atoms with Crippen molar-refractivity contribution in [3.8, 4) is 4.90 Å². The zero-order valence-electron chi connectivity index (χ0n) is 19.7. The molecule has 1 unspecified atom stereocenters. The van der Waals surface area contributed by atoms with Crippen LogP contribution in [0, 0.1) is 27.7 Å². The Morgan fingerprint density at radius 3 is 2.31 bits per heavy atom. The molecule has 3 aromatic carbocycles. The van der Waals surface area contributed by atoms with E-state index in [1.165, 1.54) is 36.2 Å². The van der Waals surface area contributed by atoms with Crippen molar-refractivity contribution in [1.29, 1.82) is 0 Å². The van der Waals surface area contributed by atoms with Gasteiger partial charge in [0.25, 0.3) is 0 Å². The van der Waals surface area contributed by atoms with Crippen LogP contribution in [0.4, 0.5) is 0 Å². The third-order valence-corrected chi connectivity index (χ3v) is 8.62. The molecule has 166 valence electrons. The predicted octanol–water partition coefficient (Wildman–Crippen LogP) is 7.28. The number of hydrogen-bond acceptors (Lipinski definition) is 3. The molecule has 0 radical (unpaired) electrons. The minimum Gasteiger partial charge on any atom is -0.462 e. The minimum absolute atomic E-state index is 0.161. The summed E-state index contributed by atoms with van der Waals surface area (Å²) in [5, 5.41) is 13.8. The third kappa shape index (κ3) is 4.05. The van der Waals surface area contributed by atoms with Crippen molar-refractivity contribution in [3.05, 3.63) is 75.7 Å². The van der Waals surface area contributed by atoms with E-state index in [9.17, 15) is 9.90 Å². The summed E-state index contributed by atoms with van der Waals surface area (Å²) in [4.78, 5) is 15.4. The molecule has 4 heteroatoms. The normalized spacial score (nSPS) is 12.5. The molecule has 0 saturated carbocycles. The van der Waals surface area contributed by atoms with Crippen molar-refractivity contribution in [3.63, 3.8) is 0 Å². The van der Waals surface area contributed by atoms with Crippen LogP contribution in [0.25, 0.3) is 25.8 Å². The first kappa shape index (κ1) is 22.5. The molecule has 4 aromatic rings. The summed E-state index contributed by atoms with van der Waals surface area (Å²) < 4.78 is 6.83. The fourth-order valence-electron chi connectivity index (χ4n) is 4.44. The van der Waals surface area contributed by atoms with Crippen LogP contribution in [0.5, 0.6) is 0 Å². The molecule has 0 saturated heterocycles. The number of aliphatic hydroxyl groups is 1. The van der Waals surface area contributed by atoms with E-state index in [4.69, 9.17) is 4.74 Å². The molecule has 0 amide bonds. The zero-order chi connectivity index (χ0) is 23.2. The van der Waals surface area contributed by atoms with Crippen LogP contribution in [0.15, 0.2) is 48.5 Å². The smallest absolute Gasteiger partial charge is 0.338 e. The Morgan fingerprint density at radius 1 is 1.00 bits per heavy atom. The van der Waals surface area contributed by atoms with E-state index in [2.05, 4.69) is 62.4 Å². The van der Waals surface area contributed by atoms with Gasteiger partial charge in [-0.3, -0.25) is 0 Å². The van der Waals surface area contributed by atoms with E-state index in [1.807, 2.05) is 13.8 Å². The molecule has 1 aromatic heterocycles. The Labute approximate surface area is 192 Å². The van der Waals surface area contributed by atoms with Crippen molar-refractivity contribution < 1.29 is 14.6 Å². The average molecular weight is 448 g/mol. The van der Waals surface area contributed by atoms with E-state index < -0.39 is 5.60 Å². The van der Waals surface area contributed by atoms with Crippen molar-refractivity contribution >= 4 is 37.3 Å². The maximum Gasteiger partial charge on any atom is 0.338 e. The summed E-state index contributed by atoms with van der Waals surface area (Å²) in [7, 11) is -0.161. The first-order valence-corrected chi connectivity index (χ1v) is 12.3. The van der Waals surface area contributed by atoms with Gasteiger partial charge in [-0.2, -0.15) is 0 Å². The van der Waals surface area contributed by atoms with Crippen LogP contribution >= 0.6 is 10.5 Å². The summed E-state index contributed by atoms with van der Waals surface area (Å²) in [6.45, 7) is 12.1. The topological polar surface area (TPSA) is 46.5 Å². The number of carbonyl (C=O) groups excluding carboxylic acids is 1. The standard InChI is InChI=1S/C28H31O3S/c1-17-15-22(16-18(2)25(17)27(29)31-14-13-28(5,6)30)32-20(4)19(3)26-23-10-8-7-9-21(23)11-12-24(26)32/h7-12,15-16,30H,13-14H2,1-6H3/q+1. The Balaban J connectivity index is 1.78. The second kappa shape index (κ2) is 8.34. The lowest BCUT2D eigenvalue weighted by Gasteiger charge is -2.17. The molecule has 0 spiro atoms. The Morgan fingerprint density at radius 2 is 1.66 bits per heavy atom. The summed E-state index contributed by atoms with van der Waals surface area (Å²) in [5.74, 6) is -0.319. The molecule has 1 N–H and O–H groups in total. The molecular weight excluding hydrogens is 416 g/mol. The van der Waals surface area contributed by atoms with Gasteiger partial charge in [-0.15, -0.1) is 0 Å². The van der Waals surface area contributed by atoms with Gasteiger partial charge < -0.3 is 9.84 Å². The fraction of sp³-hybridized carbons (Fsp3) is 0.321. The molecule has 4 rings (SSSR count). The van der Waals surface area contributed by atoms with Crippen LogP contribution in [-0.4, -0.2) is 23.3 Å². The van der Waals surface area contributed by atoms with Crippen molar-refractivity contribution in [2.75, 3.05) is 6.61 Å². The van der Waals surface area contributed by atoms with Gasteiger partial charge >= 0.3 is 5.97 Å². The van der Waals surface area contributed by atoms with Crippen LogP contribution in [0.1, 0.15) is 52.2 Å². The number of esters is 1. The molecule has 3 nitrogen and oxygen atoms in total. The van der Waals surface area contributed by atoms with Gasteiger partial charge in [-0.05, 0) is 68.7 Å². The summed E-state index contributed by atoms with van der Waals surface area (Å²) in [6, 6.07) is 17.3. The molecule has 1 atom stereocenters. The van der Waals surface area contributed by atoms with Crippen molar-refractivity contribution in [2.24, 2.45) is 0 Å². The molecule has 0 fully saturated rings. The largest absolute Gasteiger partial charge is 0.462 e. The highest BCUT2D eigenvalue weighted by Gasteiger charge is 2.27. The van der Waals surface area contributed by atoms with Gasteiger partial charge in [0.15, 0.2) is 14.5 Å². The van der Waals surface area contributed by atoms with Gasteiger partial charge in [-0.1, -0.05) is 24.3 Å². The highest BCUT2D eigenvalue weighted by molar-refractivity contribution is 7.45. The number of rotatable bonds is 5. The summed E-state index contributed by atoms with van der Waals surface area (Å²) in [5.41, 5.74) is 2.99. The number of carbonyl (C=O) groups is 1. The minimum atomic E-state index is -0.850. The lowest BCUT2D eigenvalue weighted by Crippen LogP contribution is -2.22. The fourth-order valence-corrected chi connectivity index (χ4v) is 7.04. The number of benzene rings is 3. The SMILES string of the molecule is Cc1cc(-[s+]2c(C)c(C)c3c4ccccc4ccc32)cc(C)c1C(=O)OCCC(C)(C)O. The first-order chi connectivity index (χ1) is 15.1.